The van der Waals surface area contributed by atoms with Crippen LogP contribution in [0.1, 0.15) is 31.2 Å². The molecule has 1 aromatic rings. The van der Waals surface area contributed by atoms with Crippen LogP contribution in [0.15, 0.2) is 12.4 Å². The Labute approximate surface area is 90.8 Å². The van der Waals surface area contributed by atoms with Gasteiger partial charge in [-0.3, -0.25) is 4.68 Å². The minimum absolute atomic E-state index is 0.516. The topological polar surface area (TPSA) is 55.9 Å². The zero-order valence-electron chi connectivity index (χ0n) is 9.32. The number of rotatable bonds is 3. The van der Waals surface area contributed by atoms with Crippen molar-refractivity contribution >= 4 is 0 Å². The number of hydrogen-bond acceptors (Lipinski definition) is 3. The summed E-state index contributed by atoms with van der Waals surface area (Å²) < 4.78 is 1.99. The first kappa shape index (κ1) is 10.6. The fraction of sp³-hybridized carbons (Fsp3) is 0.727. The van der Waals surface area contributed by atoms with E-state index in [1.165, 1.54) is 18.4 Å². The molecule has 1 aromatic heterocycles. The van der Waals surface area contributed by atoms with Gasteiger partial charge in [0.1, 0.15) is 0 Å². The molecule has 1 aliphatic rings. The van der Waals surface area contributed by atoms with Gasteiger partial charge in [0.2, 0.25) is 0 Å². The molecule has 0 aromatic carbocycles. The standard InChI is InChI=1S/C11H20N4/c1-2-15-8-10(7-14-15)9-3-4-11(5-12)13-6-9/h7-9,11,13H,2-6,12H2,1H3. The molecule has 0 bridgehead atoms. The third-order valence-electron chi connectivity index (χ3n) is 3.25. The van der Waals surface area contributed by atoms with Crippen LogP contribution in [0.3, 0.4) is 0 Å². The fourth-order valence-corrected chi connectivity index (χ4v) is 2.16. The van der Waals surface area contributed by atoms with Crippen molar-refractivity contribution in [1.29, 1.82) is 0 Å². The van der Waals surface area contributed by atoms with Gasteiger partial charge in [-0.1, -0.05) is 0 Å². The number of nitrogens with zero attached hydrogens (tertiary/aromatic N) is 2. The van der Waals surface area contributed by atoms with Gasteiger partial charge in [-0.25, -0.2) is 0 Å². The predicted molar refractivity (Wildman–Crippen MR) is 60.7 cm³/mol. The second-order valence-electron chi connectivity index (χ2n) is 4.24. The van der Waals surface area contributed by atoms with E-state index in [1.807, 2.05) is 10.9 Å². The van der Waals surface area contributed by atoms with Gasteiger partial charge >= 0.3 is 0 Å². The zero-order chi connectivity index (χ0) is 10.7. The van der Waals surface area contributed by atoms with E-state index in [2.05, 4.69) is 23.5 Å². The molecule has 3 N–H and O–H groups in total. The number of aryl methyl sites for hydroxylation is 1. The van der Waals surface area contributed by atoms with E-state index in [-0.39, 0.29) is 0 Å². The van der Waals surface area contributed by atoms with Gasteiger partial charge in [-0.05, 0) is 31.2 Å². The van der Waals surface area contributed by atoms with Crippen molar-refractivity contribution in [2.75, 3.05) is 13.1 Å². The lowest BCUT2D eigenvalue weighted by Crippen LogP contribution is -2.42. The molecule has 0 aliphatic carbocycles. The van der Waals surface area contributed by atoms with Gasteiger partial charge in [0, 0.05) is 31.9 Å². The number of aromatic nitrogens is 2. The Morgan fingerprint density at radius 3 is 3.00 bits per heavy atom. The molecule has 2 heterocycles. The van der Waals surface area contributed by atoms with Crippen molar-refractivity contribution in [2.45, 2.75) is 38.3 Å². The Morgan fingerprint density at radius 1 is 1.60 bits per heavy atom. The first-order valence-corrected chi connectivity index (χ1v) is 5.79. The summed E-state index contributed by atoms with van der Waals surface area (Å²) in [4.78, 5) is 0. The summed E-state index contributed by atoms with van der Waals surface area (Å²) in [5, 5.41) is 7.80. The van der Waals surface area contributed by atoms with E-state index in [9.17, 15) is 0 Å². The summed E-state index contributed by atoms with van der Waals surface area (Å²) in [5.41, 5.74) is 7.00. The van der Waals surface area contributed by atoms with Crippen LogP contribution in [-0.2, 0) is 6.54 Å². The predicted octanol–water partition coefficient (Wildman–Crippen LogP) is 0.697. The molecule has 0 radical (unpaired) electrons. The highest BCUT2D eigenvalue weighted by atomic mass is 15.3. The highest BCUT2D eigenvalue weighted by Gasteiger charge is 2.21. The molecule has 0 spiro atoms. The van der Waals surface area contributed by atoms with E-state index < -0.39 is 0 Å². The highest BCUT2D eigenvalue weighted by Crippen LogP contribution is 2.24. The van der Waals surface area contributed by atoms with Gasteiger partial charge in [0.15, 0.2) is 0 Å². The number of nitrogens with two attached hydrogens (primary N) is 1. The molecular formula is C11H20N4. The third kappa shape index (κ3) is 2.38. The van der Waals surface area contributed by atoms with Crippen LogP contribution in [0.5, 0.6) is 0 Å². The van der Waals surface area contributed by atoms with E-state index >= 15 is 0 Å². The summed E-state index contributed by atoms with van der Waals surface area (Å²) >= 11 is 0. The van der Waals surface area contributed by atoms with Gasteiger partial charge in [0.05, 0.1) is 6.20 Å². The van der Waals surface area contributed by atoms with Crippen LogP contribution < -0.4 is 11.1 Å². The highest BCUT2D eigenvalue weighted by molar-refractivity contribution is 5.13. The van der Waals surface area contributed by atoms with Gasteiger partial charge < -0.3 is 11.1 Å². The maximum Gasteiger partial charge on any atom is 0.0525 e. The van der Waals surface area contributed by atoms with Crippen LogP contribution in [0.2, 0.25) is 0 Å². The lowest BCUT2D eigenvalue weighted by molar-refractivity contribution is 0.371. The molecule has 2 unspecified atom stereocenters. The number of hydrogen-bond donors (Lipinski definition) is 2. The van der Waals surface area contributed by atoms with Crippen LogP contribution >= 0.6 is 0 Å². The molecular weight excluding hydrogens is 188 g/mol. The van der Waals surface area contributed by atoms with Crippen LogP contribution in [-0.4, -0.2) is 28.9 Å². The van der Waals surface area contributed by atoms with E-state index in [0.29, 0.717) is 12.0 Å². The Balaban J connectivity index is 1.95. The molecule has 2 atom stereocenters. The minimum atomic E-state index is 0.516. The summed E-state index contributed by atoms with van der Waals surface area (Å²) in [6, 6.07) is 0.516. The molecule has 84 valence electrons. The molecule has 1 fully saturated rings. The second-order valence-corrected chi connectivity index (χ2v) is 4.24. The quantitative estimate of drug-likeness (QED) is 0.768. The largest absolute Gasteiger partial charge is 0.329 e. The molecule has 4 nitrogen and oxygen atoms in total. The van der Waals surface area contributed by atoms with Crippen molar-refractivity contribution in [1.82, 2.24) is 15.1 Å². The van der Waals surface area contributed by atoms with Gasteiger partial charge in [0.25, 0.3) is 0 Å². The summed E-state index contributed by atoms with van der Waals surface area (Å²) in [5.74, 6) is 0.619. The van der Waals surface area contributed by atoms with E-state index in [0.717, 1.165) is 19.6 Å². The fourth-order valence-electron chi connectivity index (χ4n) is 2.16. The maximum atomic E-state index is 5.63. The lowest BCUT2D eigenvalue weighted by Gasteiger charge is -2.28. The lowest BCUT2D eigenvalue weighted by atomic mass is 9.90. The molecule has 0 saturated carbocycles. The van der Waals surface area contributed by atoms with Crippen molar-refractivity contribution in [2.24, 2.45) is 5.73 Å². The molecule has 2 rings (SSSR count). The van der Waals surface area contributed by atoms with Crippen molar-refractivity contribution in [3.63, 3.8) is 0 Å². The minimum Gasteiger partial charge on any atom is -0.329 e. The Morgan fingerprint density at radius 2 is 2.47 bits per heavy atom. The van der Waals surface area contributed by atoms with Crippen LogP contribution in [0, 0.1) is 0 Å². The Hall–Kier alpha value is -0.870. The average Bonchev–Trinajstić information content (AvgIpc) is 2.78. The van der Waals surface area contributed by atoms with Crippen molar-refractivity contribution < 1.29 is 0 Å². The molecule has 0 amide bonds. The van der Waals surface area contributed by atoms with Gasteiger partial charge in [-0.15, -0.1) is 0 Å². The van der Waals surface area contributed by atoms with Crippen LogP contribution in [0.4, 0.5) is 0 Å². The summed E-state index contributed by atoms with van der Waals surface area (Å²) in [6.45, 7) is 4.85. The van der Waals surface area contributed by atoms with E-state index in [4.69, 9.17) is 5.73 Å². The summed E-state index contributed by atoms with van der Waals surface area (Å²) in [7, 11) is 0. The average molecular weight is 208 g/mol. The second kappa shape index (κ2) is 4.77. The summed E-state index contributed by atoms with van der Waals surface area (Å²) in [6.07, 6.45) is 6.57. The zero-order valence-corrected chi connectivity index (χ0v) is 9.32. The Kier molecular flexibility index (Phi) is 3.38. The number of piperidine rings is 1. The molecule has 15 heavy (non-hydrogen) atoms. The molecule has 4 heteroatoms. The van der Waals surface area contributed by atoms with Crippen molar-refractivity contribution in [3.05, 3.63) is 18.0 Å². The van der Waals surface area contributed by atoms with Crippen LogP contribution in [0.25, 0.3) is 0 Å². The normalized spacial score (nSPS) is 26.8. The smallest absolute Gasteiger partial charge is 0.0525 e. The first-order chi connectivity index (χ1) is 7.33. The third-order valence-corrected chi connectivity index (χ3v) is 3.25. The monoisotopic (exact) mass is 208 g/mol. The van der Waals surface area contributed by atoms with Gasteiger partial charge in [-0.2, -0.15) is 5.10 Å². The first-order valence-electron chi connectivity index (χ1n) is 5.79. The van der Waals surface area contributed by atoms with Crippen molar-refractivity contribution in [3.8, 4) is 0 Å². The molecule has 1 saturated heterocycles. The SMILES string of the molecule is CCn1cc(C2CCC(CN)NC2)cn1. The number of nitrogens with one attached hydrogen (secondary N) is 1. The maximum absolute atomic E-state index is 5.63. The molecule has 1 aliphatic heterocycles. The van der Waals surface area contributed by atoms with E-state index in [1.54, 1.807) is 0 Å². The Bertz CT molecular complexity index is 299.